The van der Waals surface area contributed by atoms with Crippen molar-refractivity contribution in [2.24, 2.45) is 0 Å². The first-order valence-electron chi connectivity index (χ1n) is 5.29. The second-order valence-electron chi connectivity index (χ2n) is 4.31. The first-order valence-corrected chi connectivity index (χ1v) is 5.29. The summed E-state index contributed by atoms with van der Waals surface area (Å²) in [6, 6.07) is 1.94. The van der Waals surface area contributed by atoms with E-state index in [1.165, 1.54) is 0 Å². The van der Waals surface area contributed by atoms with Crippen LogP contribution >= 0.6 is 0 Å². The molecule has 2 heterocycles. The molecule has 0 saturated carbocycles. The fourth-order valence-corrected chi connectivity index (χ4v) is 1.71. The number of nitrogens with one attached hydrogen (secondary N) is 1. The minimum absolute atomic E-state index is 0.110. The summed E-state index contributed by atoms with van der Waals surface area (Å²) in [6.07, 6.45) is 2.86. The Balaban J connectivity index is 1.92. The molecule has 1 aromatic heterocycles. The zero-order valence-corrected chi connectivity index (χ0v) is 9.29. The molecule has 0 radical (unpaired) electrons. The van der Waals surface area contributed by atoms with E-state index < -0.39 is 0 Å². The molecule has 82 valence electrons. The van der Waals surface area contributed by atoms with Crippen LogP contribution in [0.4, 0.5) is 0 Å². The lowest BCUT2D eigenvalue weighted by Gasteiger charge is -2.23. The Morgan fingerprint density at radius 1 is 1.60 bits per heavy atom. The summed E-state index contributed by atoms with van der Waals surface area (Å²) in [6.45, 7) is 6.52. The van der Waals surface area contributed by atoms with Gasteiger partial charge in [0.1, 0.15) is 5.82 Å². The summed E-state index contributed by atoms with van der Waals surface area (Å²) in [7, 11) is 0. The van der Waals surface area contributed by atoms with Crippen molar-refractivity contribution in [2.75, 3.05) is 13.2 Å². The van der Waals surface area contributed by atoms with Crippen LogP contribution in [0.25, 0.3) is 0 Å². The fraction of sp³-hybridized carbons (Fsp3) is 0.636. The summed E-state index contributed by atoms with van der Waals surface area (Å²) in [5.74, 6) is 0.821. The number of hydrogen-bond acceptors (Lipinski definition) is 4. The maximum absolute atomic E-state index is 5.38. The Hall–Kier alpha value is -1.00. The molecule has 1 saturated heterocycles. The lowest BCUT2D eigenvalue weighted by molar-refractivity contribution is 0.171. The van der Waals surface area contributed by atoms with Crippen molar-refractivity contribution >= 4 is 0 Å². The molecule has 1 aliphatic heterocycles. The van der Waals surface area contributed by atoms with E-state index in [1.54, 1.807) is 6.20 Å². The number of aryl methyl sites for hydroxylation is 1. The minimum Gasteiger partial charge on any atom is -0.379 e. The van der Waals surface area contributed by atoms with Crippen molar-refractivity contribution in [3.8, 4) is 0 Å². The molecule has 4 nitrogen and oxygen atoms in total. The van der Waals surface area contributed by atoms with Crippen molar-refractivity contribution in [1.82, 2.24) is 15.3 Å². The average molecular weight is 207 g/mol. The van der Waals surface area contributed by atoms with Gasteiger partial charge in [0.05, 0.1) is 12.3 Å². The summed E-state index contributed by atoms with van der Waals surface area (Å²) in [5, 5.41) is 3.49. The van der Waals surface area contributed by atoms with Crippen molar-refractivity contribution in [3.05, 3.63) is 23.8 Å². The molecule has 4 heteroatoms. The highest BCUT2D eigenvalue weighted by atomic mass is 16.5. The van der Waals surface area contributed by atoms with Gasteiger partial charge in [0.2, 0.25) is 0 Å². The molecule has 1 atom stereocenters. The minimum atomic E-state index is 0.110. The maximum atomic E-state index is 5.38. The van der Waals surface area contributed by atoms with Crippen molar-refractivity contribution in [2.45, 2.75) is 32.4 Å². The van der Waals surface area contributed by atoms with Gasteiger partial charge in [-0.1, -0.05) is 0 Å². The fourth-order valence-electron chi connectivity index (χ4n) is 1.71. The summed E-state index contributed by atoms with van der Waals surface area (Å²) in [5.41, 5.74) is 1.15. The van der Waals surface area contributed by atoms with Crippen LogP contribution < -0.4 is 5.32 Å². The second-order valence-corrected chi connectivity index (χ2v) is 4.31. The largest absolute Gasteiger partial charge is 0.379 e. The van der Waals surface area contributed by atoms with Gasteiger partial charge in [0.25, 0.3) is 0 Å². The molecule has 1 unspecified atom stereocenters. The molecule has 15 heavy (non-hydrogen) atoms. The summed E-state index contributed by atoms with van der Waals surface area (Å²) >= 11 is 0. The van der Waals surface area contributed by atoms with Gasteiger partial charge in [-0.25, -0.2) is 9.97 Å². The molecule has 1 aliphatic rings. The first-order chi connectivity index (χ1) is 7.18. The van der Waals surface area contributed by atoms with Gasteiger partial charge < -0.3 is 10.1 Å². The van der Waals surface area contributed by atoms with Crippen LogP contribution in [0.3, 0.4) is 0 Å². The van der Waals surface area contributed by atoms with E-state index in [4.69, 9.17) is 4.74 Å². The van der Waals surface area contributed by atoms with Crippen LogP contribution in [0, 0.1) is 6.92 Å². The predicted molar refractivity (Wildman–Crippen MR) is 57.4 cm³/mol. The third-order valence-corrected chi connectivity index (χ3v) is 2.75. The number of ether oxygens (including phenoxy) is 1. The number of nitrogens with zero attached hydrogens (tertiary/aromatic N) is 2. The highest BCUT2D eigenvalue weighted by molar-refractivity contribution is 5.02. The highest BCUT2D eigenvalue weighted by Crippen LogP contribution is 2.17. The third kappa shape index (κ3) is 2.73. The van der Waals surface area contributed by atoms with E-state index in [9.17, 15) is 0 Å². The van der Waals surface area contributed by atoms with E-state index in [-0.39, 0.29) is 5.54 Å². The summed E-state index contributed by atoms with van der Waals surface area (Å²) < 4.78 is 5.38. The molecule has 0 spiro atoms. The normalized spacial score (nSPS) is 25.7. The van der Waals surface area contributed by atoms with Crippen LogP contribution in [0.1, 0.15) is 24.9 Å². The lowest BCUT2D eigenvalue weighted by atomic mass is 10.0. The molecule has 0 aliphatic carbocycles. The van der Waals surface area contributed by atoms with Crippen LogP contribution in [-0.4, -0.2) is 28.7 Å². The van der Waals surface area contributed by atoms with Gasteiger partial charge in [-0.05, 0) is 26.3 Å². The van der Waals surface area contributed by atoms with Crippen molar-refractivity contribution < 1.29 is 4.74 Å². The second kappa shape index (κ2) is 4.24. The van der Waals surface area contributed by atoms with Gasteiger partial charge in [0, 0.05) is 24.9 Å². The van der Waals surface area contributed by atoms with Gasteiger partial charge in [-0.2, -0.15) is 0 Å². The van der Waals surface area contributed by atoms with E-state index in [1.807, 2.05) is 13.0 Å². The lowest BCUT2D eigenvalue weighted by Crippen LogP contribution is -2.42. The Kier molecular flexibility index (Phi) is 2.98. The number of rotatable bonds is 3. The van der Waals surface area contributed by atoms with E-state index in [0.29, 0.717) is 0 Å². The first kappa shape index (κ1) is 10.5. The quantitative estimate of drug-likeness (QED) is 0.805. The van der Waals surface area contributed by atoms with Gasteiger partial charge in [-0.15, -0.1) is 0 Å². The predicted octanol–water partition coefficient (Wildman–Crippen LogP) is 1.05. The SMILES string of the molecule is Cc1nccc(CNC2(C)CCOC2)n1. The molecule has 0 amide bonds. The molecule has 1 fully saturated rings. The molecule has 1 N–H and O–H groups in total. The third-order valence-electron chi connectivity index (χ3n) is 2.75. The Labute approximate surface area is 90.1 Å². The standard InChI is InChI=1S/C11H17N3O/c1-9-12-5-3-10(14-9)7-13-11(2)4-6-15-8-11/h3,5,13H,4,6-8H2,1-2H3. The van der Waals surface area contributed by atoms with Gasteiger partial charge >= 0.3 is 0 Å². The van der Waals surface area contributed by atoms with E-state index in [0.717, 1.165) is 37.7 Å². The van der Waals surface area contributed by atoms with Crippen LogP contribution in [0.5, 0.6) is 0 Å². The summed E-state index contributed by atoms with van der Waals surface area (Å²) in [4.78, 5) is 8.42. The molecular weight excluding hydrogens is 190 g/mol. The number of aromatic nitrogens is 2. The van der Waals surface area contributed by atoms with Crippen LogP contribution in [0.2, 0.25) is 0 Å². The highest BCUT2D eigenvalue weighted by Gasteiger charge is 2.28. The van der Waals surface area contributed by atoms with Gasteiger partial charge in [-0.3, -0.25) is 0 Å². The Morgan fingerprint density at radius 2 is 2.47 bits per heavy atom. The zero-order valence-electron chi connectivity index (χ0n) is 9.29. The Morgan fingerprint density at radius 3 is 3.13 bits per heavy atom. The molecule has 2 rings (SSSR count). The van der Waals surface area contributed by atoms with Gasteiger partial charge in [0.15, 0.2) is 0 Å². The molecule has 0 bridgehead atoms. The maximum Gasteiger partial charge on any atom is 0.125 e. The zero-order chi connectivity index (χ0) is 10.7. The number of hydrogen-bond donors (Lipinski definition) is 1. The average Bonchev–Trinajstić information content (AvgIpc) is 2.63. The van der Waals surface area contributed by atoms with Crippen molar-refractivity contribution in [1.29, 1.82) is 0 Å². The van der Waals surface area contributed by atoms with Crippen molar-refractivity contribution in [3.63, 3.8) is 0 Å². The monoisotopic (exact) mass is 207 g/mol. The smallest absolute Gasteiger partial charge is 0.125 e. The van der Waals surface area contributed by atoms with E-state index in [2.05, 4.69) is 22.2 Å². The van der Waals surface area contributed by atoms with Crippen LogP contribution in [-0.2, 0) is 11.3 Å². The molecule has 0 aromatic carbocycles. The van der Waals surface area contributed by atoms with Crippen LogP contribution in [0.15, 0.2) is 12.3 Å². The molecule has 1 aromatic rings. The molecular formula is C11H17N3O. The Bertz CT molecular complexity index is 334. The topological polar surface area (TPSA) is 47.0 Å². The van der Waals surface area contributed by atoms with E-state index >= 15 is 0 Å².